The van der Waals surface area contributed by atoms with E-state index < -0.39 is 11.4 Å². The number of hydrogen-bond acceptors (Lipinski definition) is 2. The number of aliphatic hydroxyl groups is 1. The van der Waals surface area contributed by atoms with E-state index in [1.165, 1.54) is 16.7 Å². The number of hydrogen-bond donors (Lipinski definition) is 2. The third-order valence-corrected chi connectivity index (χ3v) is 12.2. The standard InChI is InChI=1S/C31H50O3/c1-19(2)20(3)9-10-21(4)22-14-18-31(27(33)34)24-11-12-25-28(5,6)26(32)15-16-29(25,7)23(24)13-17-30(22,31)8/h20-22,25-26,32H,1,9-18H2,2-8H3,(H,33,34)/t20?,21?,22-,25+,26+,29-,30-,31+/m1/s1. The van der Waals surface area contributed by atoms with Gasteiger partial charge in [-0.2, -0.15) is 0 Å². The van der Waals surface area contributed by atoms with E-state index in [0.717, 1.165) is 64.2 Å². The molecule has 0 aromatic rings. The predicted octanol–water partition coefficient (Wildman–Crippen LogP) is 7.79. The summed E-state index contributed by atoms with van der Waals surface area (Å²) in [5.74, 6) is 1.39. The summed E-state index contributed by atoms with van der Waals surface area (Å²) >= 11 is 0. The number of carboxylic acid groups (broad SMARTS) is 1. The summed E-state index contributed by atoms with van der Waals surface area (Å²) in [5, 5.41) is 21.8. The largest absolute Gasteiger partial charge is 0.481 e. The van der Waals surface area contributed by atoms with E-state index in [1.807, 2.05) is 0 Å². The van der Waals surface area contributed by atoms with Crippen LogP contribution in [-0.4, -0.2) is 22.3 Å². The van der Waals surface area contributed by atoms with Gasteiger partial charge in [0.2, 0.25) is 0 Å². The second-order valence-corrected chi connectivity index (χ2v) is 13.9. The SMILES string of the molecule is C=C(C)C(C)CCC(C)[C@H]1CC[C@@]2(C(=O)O)C3=C(CC[C@]12C)[C@@]1(C)CC[C@H](O)C(C)(C)[C@@H]1CC3. The summed E-state index contributed by atoms with van der Waals surface area (Å²) in [6, 6.07) is 0. The molecule has 0 bridgehead atoms. The predicted molar refractivity (Wildman–Crippen MR) is 139 cm³/mol. The molecule has 0 saturated heterocycles. The fourth-order valence-electron chi connectivity index (χ4n) is 9.70. The second-order valence-electron chi connectivity index (χ2n) is 13.9. The lowest BCUT2D eigenvalue weighted by Gasteiger charge is -2.61. The zero-order chi connectivity index (χ0) is 25.3. The van der Waals surface area contributed by atoms with Crippen LogP contribution in [0, 0.1) is 45.3 Å². The Labute approximate surface area is 208 Å². The number of rotatable bonds is 6. The van der Waals surface area contributed by atoms with E-state index in [1.54, 1.807) is 0 Å². The number of aliphatic carboxylic acids is 1. The van der Waals surface area contributed by atoms with E-state index in [0.29, 0.717) is 23.7 Å². The monoisotopic (exact) mass is 470 g/mol. The highest BCUT2D eigenvalue weighted by atomic mass is 16.4. The van der Waals surface area contributed by atoms with Crippen LogP contribution in [0.3, 0.4) is 0 Å². The van der Waals surface area contributed by atoms with Crippen molar-refractivity contribution in [2.45, 2.75) is 119 Å². The van der Waals surface area contributed by atoms with Crippen LogP contribution in [-0.2, 0) is 4.79 Å². The number of fused-ring (bicyclic) bond motifs is 4. The third-order valence-electron chi connectivity index (χ3n) is 12.2. The molecule has 2 N–H and O–H groups in total. The zero-order valence-corrected chi connectivity index (χ0v) is 23.0. The van der Waals surface area contributed by atoms with Gasteiger partial charge in [0, 0.05) is 0 Å². The molecule has 2 saturated carbocycles. The molecular weight excluding hydrogens is 420 g/mol. The van der Waals surface area contributed by atoms with Crippen LogP contribution in [0.1, 0.15) is 113 Å². The summed E-state index contributed by atoms with van der Waals surface area (Å²) in [4.78, 5) is 13.3. The van der Waals surface area contributed by atoms with Gasteiger partial charge in [-0.25, -0.2) is 0 Å². The van der Waals surface area contributed by atoms with Crippen molar-refractivity contribution in [3.05, 3.63) is 23.3 Å². The van der Waals surface area contributed by atoms with Gasteiger partial charge in [0.25, 0.3) is 0 Å². The highest BCUT2D eigenvalue weighted by molar-refractivity contribution is 5.81. The van der Waals surface area contributed by atoms with Crippen molar-refractivity contribution < 1.29 is 15.0 Å². The van der Waals surface area contributed by atoms with Crippen molar-refractivity contribution in [1.82, 2.24) is 0 Å². The van der Waals surface area contributed by atoms with Gasteiger partial charge < -0.3 is 10.2 Å². The van der Waals surface area contributed by atoms with Crippen molar-refractivity contribution in [3.8, 4) is 0 Å². The van der Waals surface area contributed by atoms with Gasteiger partial charge in [-0.3, -0.25) is 4.79 Å². The van der Waals surface area contributed by atoms with E-state index in [2.05, 4.69) is 55.0 Å². The molecule has 34 heavy (non-hydrogen) atoms. The number of carbonyl (C=O) groups is 1. The quantitative estimate of drug-likeness (QED) is 0.389. The molecule has 4 aliphatic carbocycles. The van der Waals surface area contributed by atoms with Gasteiger partial charge in [-0.15, -0.1) is 0 Å². The van der Waals surface area contributed by atoms with E-state index in [-0.39, 0.29) is 22.3 Å². The maximum Gasteiger partial charge on any atom is 0.314 e. The van der Waals surface area contributed by atoms with Crippen LogP contribution in [0.25, 0.3) is 0 Å². The minimum atomic E-state index is -0.701. The molecule has 0 amide bonds. The molecule has 2 unspecified atom stereocenters. The summed E-state index contributed by atoms with van der Waals surface area (Å²) < 4.78 is 0. The minimum Gasteiger partial charge on any atom is -0.481 e. The second kappa shape index (κ2) is 8.49. The van der Waals surface area contributed by atoms with Crippen LogP contribution in [0.15, 0.2) is 23.3 Å². The lowest BCUT2D eigenvalue weighted by Crippen LogP contribution is -2.57. The first-order valence-corrected chi connectivity index (χ1v) is 14.0. The summed E-state index contributed by atoms with van der Waals surface area (Å²) in [6.45, 7) is 20.1. The maximum absolute atomic E-state index is 13.3. The highest BCUT2D eigenvalue weighted by Gasteiger charge is 2.68. The topological polar surface area (TPSA) is 57.5 Å². The van der Waals surface area contributed by atoms with Crippen molar-refractivity contribution >= 4 is 5.97 Å². The first kappa shape index (κ1) is 26.0. The fraction of sp³-hybridized carbons (Fsp3) is 0.839. The van der Waals surface area contributed by atoms with Crippen LogP contribution in [0.2, 0.25) is 0 Å². The molecule has 0 aromatic heterocycles. The molecule has 192 valence electrons. The Morgan fingerprint density at radius 1 is 1.00 bits per heavy atom. The molecule has 2 fully saturated rings. The Morgan fingerprint density at radius 3 is 2.29 bits per heavy atom. The van der Waals surface area contributed by atoms with Gasteiger partial charge in [0.1, 0.15) is 0 Å². The molecule has 0 aromatic carbocycles. The molecular formula is C31H50O3. The molecule has 3 nitrogen and oxygen atoms in total. The van der Waals surface area contributed by atoms with Crippen LogP contribution >= 0.6 is 0 Å². The van der Waals surface area contributed by atoms with Gasteiger partial charge >= 0.3 is 5.97 Å². The smallest absolute Gasteiger partial charge is 0.314 e. The first-order chi connectivity index (χ1) is 15.7. The van der Waals surface area contributed by atoms with Crippen LogP contribution < -0.4 is 0 Å². The fourth-order valence-corrected chi connectivity index (χ4v) is 9.70. The van der Waals surface area contributed by atoms with Crippen molar-refractivity contribution in [2.24, 2.45) is 45.3 Å². The Balaban J connectivity index is 1.71. The lowest BCUT2D eigenvalue weighted by molar-refractivity contribution is -0.157. The number of allylic oxidation sites excluding steroid dienone is 2. The molecule has 0 radical (unpaired) electrons. The Hall–Kier alpha value is -1.09. The van der Waals surface area contributed by atoms with Gasteiger partial charge in [0.15, 0.2) is 0 Å². The normalized spacial score (nSPS) is 42.9. The van der Waals surface area contributed by atoms with Crippen molar-refractivity contribution in [3.63, 3.8) is 0 Å². The highest BCUT2D eigenvalue weighted by Crippen LogP contribution is 2.72. The summed E-state index contributed by atoms with van der Waals surface area (Å²) in [5.41, 5.74) is 3.08. The third kappa shape index (κ3) is 3.42. The van der Waals surface area contributed by atoms with E-state index in [9.17, 15) is 15.0 Å². The van der Waals surface area contributed by atoms with E-state index >= 15 is 0 Å². The summed E-state index contributed by atoms with van der Waals surface area (Å²) in [7, 11) is 0. The Morgan fingerprint density at radius 2 is 1.68 bits per heavy atom. The Kier molecular flexibility index (Phi) is 6.49. The molecule has 3 heteroatoms. The van der Waals surface area contributed by atoms with Crippen molar-refractivity contribution in [1.29, 1.82) is 0 Å². The van der Waals surface area contributed by atoms with Crippen LogP contribution in [0.5, 0.6) is 0 Å². The van der Waals surface area contributed by atoms with Gasteiger partial charge in [-0.1, -0.05) is 64.8 Å². The first-order valence-electron chi connectivity index (χ1n) is 14.0. The molecule has 0 heterocycles. The molecule has 8 atom stereocenters. The average Bonchev–Trinajstić information content (AvgIpc) is 3.09. The molecule has 4 aliphatic rings. The van der Waals surface area contributed by atoms with Gasteiger partial charge in [0.05, 0.1) is 11.5 Å². The molecule has 0 spiro atoms. The zero-order valence-electron chi connectivity index (χ0n) is 23.0. The van der Waals surface area contributed by atoms with E-state index in [4.69, 9.17) is 0 Å². The lowest BCUT2D eigenvalue weighted by atomic mass is 9.43. The average molecular weight is 471 g/mol. The molecule has 4 rings (SSSR count). The van der Waals surface area contributed by atoms with Crippen LogP contribution in [0.4, 0.5) is 0 Å². The maximum atomic E-state index is 13.3. The van der Waals surface area contributed by atoms with Gasteiger partial charge in [-0.05, 0) is 111 Å². The minimum absolute atomic E-state index is 0.0285. The Bertz CT molecular complexity index is 883. The van der Waals surface area contributed by atoms with Crippen molar-refractivity contribution in [2.75, 3.05) is 0 Å². The number of aliphatic hydroxyl groups excluding tert-OH is 1. The number of carboxylic acids is 1. The summed E-state index contributed by atoms with van der Waals surface area (Å²) in [6.07, 6.45) is 9.66. The molecule has 0 aliphatic heterocycles.